The molecule has 2 nitrogen and oxygen atoms in total. The van der Waals surface area contributed by atoms with Crippen molar-refractivity contribution in [1.29, 1.82) is 0 Å². The highest BCUT2D eigenvalue weighted by atomic mass is 32.3. The first-order valence-corrected chi connectivity index (χ1v) is 9.01. The quantitative estimate of drug-likeness (QED) is 0.548. The van der Waals surface area contributed by atoms with Crippen LogP contribution in [0.4, 0.5) is 3.89 Å². The predicted molar refractivity (Wildman–Crippen MR) is 85.4 cm³/mol. The summed E-state index contributed by atoms with van der Waals surface area (Å²) in [6, 6.07) is 12.7. The maximum absolute atomic E-state index is 14.6. The van der Waals surface area contributed by atoms with Gasteiger partial charge in [-0.1, -0.05) is 56.0 Å². The molecule has 0 spiro atoms. The smallest absolute Gasteiger partial charge is 0.211 e. The van der Waals surface area contributed by atoms with Crippen LogP contribution in [0.5, 0.6) is 0 Å². The van der Waals surface area contributed by atoms with E-state index in [-0.39, 0.29) is 10.9 Å². The summed E-state index contributed by atoms with van der Waals surface area (Å²) >= 11 is 0. The van der Waals surface area contributed by atoms with Gasteiger partial charge in [-0.2, -0.15) is 0 Å². The molecule has 2 aromatic rings. The summed E-state index contributed by atoms with van der Waals surface area (Å²) in [6.07, 6.45) is 6.18. The zero-order chi connectivity index (χ0) is 14.7. The van der Waals surface area contributed by atoms with Crippen molar-refractivity contribution in [2.45, 2.75) is 49.5 Å². The Bertz CT molecular complexity index is 741. The first-order valence-electron chi connectivity index (χ1n) is 7.60. The number of fused-ring (bicyclic) bond motifs is 1. The van der Waals surface area contributed by atoms with E-state index in [2.05, 4.69) is 4.36 Å². The van der Waals surface area contributed by atoms with Gasteiger partial charge in [-0.15, -0.1) is 3.89 Å². The minimum Gasteiger partial charge on any atom is -0.211 e. The predicted octanol–water partition coefficient (Wildman–Crippen LogP) is 5.27. The lowest BCUT2D eigenvalue weighted by Gasteiger charge is -2.10. The van der Waals surface area contributed by atoms with Crippen molar-refractivity contribution in [3.63, 3.8) is 0 Å². The molecule has 0 bridgehead atoms. The van der Waals surface area contributed by atoms with Crippen LogP contribution < -0.4 is 0 Å². The van der Waals surface area contributed by atoms with Crippen molar-refractivity contribution in [3.8, 4) is 0 Å². The Morgan fingerprint density at radius 3 is 2.33 bits per heavy atom. The normalized spacial score (nSPS) is 19.9. The topological polar surface area (TPSA) is 29.4 Å². The molecule has 0 aromatic heterocycles. The largest absolute Gasteiger partial charge is 0.231 e. The van der Waals surface area contributed by atoms with E-state index in [1.54, 1.807) is 12.1 Å². The van der Waals surface area contributed by atoms with E-state index >= 15 is 0 Å². The van der Waals surface area contributed by atoms with Crippen molar-refractivity contribution >= 4 is 20.9 Å². The van der Waals surface area contributed by atoms with Gasteiger partial charge in [-0.05, 0) is 35.7 Å². The number of nitrogens with zero attached hydrogens (tertiary/aromatic N) is 1. The van der Waals surface area contributed by atoms with E-state index in [9.17, 15) is 8.09 Å². The lowest BCUT2D eigenvalue weighted by atomic mass is 10.1. The molecule has 1 aliphatic rings. The van der Waals surface area contributed by atoms with Crippen LogP contribution >= 0.6 is 0 Å². The summed E-state index contributed by atoms with van der Waals surface area (Å²) in [7, 11) is -3.79. The van der Waals surface area contributed by atoms with E-state index in [4.69, 9.17) is 0 Å². The molecule has 112 valence electrons. The number of rotatable bonds is 2. The van der Waals surface area contributed by atoms with Gasteiger partial charge in [-0.25, -0.2) is 8.57 Å². The Hall–Kier alpha value is -1.42. The van der Waals surface area contributed by atoms with Gasteiger partial charge in [0.15, 0.2) is 0 Å². The third-order valence-electron chi connectivity index (χ3n) is 4.12. The average Bonchev–Trinajstić information content (AvgIpc) is 2.75. The Morgan fingerprint density at radius 2 is 1.62 bits per heavy atom. The van der Waals surface area contributed by atoms with Gasteiger partial charge < -0.3 is 0 Å². The van der Waals surface area contributed by atoms with Gasteiger partial charge in [-0.3, -0.25) is 0 Å². The minimum atomic E-state index is -3.79. The molecule has 1 saturated carbocycles. The second-order valence-corrected chi connectivity index (χ2v) is 7.32. The summed E-state index contributed by atoms with van der Waals surface area (Å²) in [5.74, 6) is 0. The molecule has 1 fully saturated rings. The van der Waals surface area contributed by atoms with Crippen LogP contribution in [0.15, 0.2) is 51.7 Å². The van der Waals surface area contributed by atoms with Gasteiger partial charge >= 0.3 is 0 Å². The van der Waals surface area contributed by atoms with Crippen molar-refractivity contribution in [3.05, 3.63) is 42.5 Å². The maximum atomic E-state index is 14.6. The van der Waals surface area contributed by atoms with Gasteiger partial charge in [0.2, 0.25) is 10.1 Å². The summed E-state index contributed by atoms with van der Waals surface area (Å²) in [6.45, 7) is 0. The van der Waals surface area contributed by atoms with Crippen LogP contribution in [0.2, 0.25) is 0 Å². The van der Waals surface area contributed by atoms with Crippen LogP contribution in [0.1, 0.15) is 38.5 Å². The van der Waals surface area contributed by atoms with E-state index in [0.717, 1.165) is 36.5 Å². The second kappa shape index (κ2) is 6.14. The number of benzene rings is 2. The van der Waals surface area contributed by atoms with E-state index in [1.807, 2.05) is 30.3 Å². The lowest BCUT2D eigenvalue weighted by molar-refractivity contribution is 0.572. The fourth-order valence-corrected chi connectivity index (χ4v) is 4.16. The molecule has 0 unspecified atom stereocenters. The minimum absolute atomic E-state index is 0.100. The van der Waals surface area contributed by atoms with Gasteiger partial charge in [0, 0.05) is 0 Å². The highest BCUT2D eigenvalue weighted by Crippen LogP contribution is 2.26. The molecule has 0 radical (unpaired) electrons. The van der Waals surface area contributed by atoms with Crippen LogP contribution in [0, 0.1) is 0 Å². The van der Waals surface area contributed by atoms with Gasteiger partial charge in [0.1, 0.15) is 0 Å². The summed E-state index contributed by atoms with van der Waals surface area (Å²) < 4.78 is 31.1. The molecule has 1 aliphatic carbocycles. The number of hydrogen-bond donors (Lipinski definition) is 0. The Balaban J connectivity index is 1.96. The standard InChI is InChI=1S/C17H20FNOS/c18-21(20,19-16-9-3-1-2-4-10-16)17-12-11-14-7-5-6-8-15(14)13-17/h5-8,11-13,16H,1-4,9-10H2/t21-/m1/s1. The van der Waals surface area contributed by atoms with Gasteiger partial charge in [0.05, 0.1) is 10.9 Å². The SMILES string of the molecule is O=[S@](F)(=NC1CCCCCC1)c1ccc2ccccc2c1. The van der Waals surface area contributed by atoms with E-state index in [0.29, 0.717) is 0 Å². The highest BCUT2D eigenvalue weighted by molar-refractivity contribution is 7.88. The Kier molecular flexibility index (Phi) is 4.24. The van der Waals surface area contributed by atoms with Crippen molar-refractivity contribution in [2.24, 2.45) is 4.36 Å². The third-order valence-corrected chi connectivity index (χ3v) is 5.53. The first kappa shape index (κ1) is 14.5. The third kappa shape index (κ3) is 3.43. The molecule has 3 rings (SSSR count). The second-order valence-electron chi connectivity index (χ2n) is 5.72. The molecule has 0 amide bonds. The molecular formula is C17H20FNOS. The lowest BCUT2D eigenvalue weighted by Crippen LogP contribution is -2.06. The Labute approximate surface area is 125 Å². The van der Waals surface area contributed by atoms with Crippen LogP contribution in [-0.2, 0) is 10.1 Å². The molecule has 2 aromatic carbocycles. The van der Waals surface area contributed by atoms with Gasteiger partial charge in [0.25, 0.3) is 0 Å². The summed E-state index contributed by atoms with van der Waals surface area (Å²) in [4.78, 5) is 0.199. The molecule has 0 saturated heterocycles. The molecular weight excluding hydrogens is 285 g/mol. The molecule has 1 atom stereocenters. The zero-order valence-electron chi connectivity index (χ0n) is 12.0. The van der Waals surface area contributed by atoms with Crippen LogP contribution in [0.25, 0.3) is 10.8 Å². The Morgan fingerprint density at radius 1 is 0.952 bits per heavy atom. The first-order chi connectivity index (χ1) is 10.1. The molecule has 21 heavy (non-hydrogen) atoms. The number of hydrogen-bond acceptors (Lipinski definition) is 2. The molecule has 0 heterocycles. The molecule has 0 aliphatic heterocycles. The molecule has 4 heteroatoms. The van der Waals surface area contributed by atoms with Crippen molar-refractivity contribution in [2.75, 3.05) is 0 Å². The summed E-state index contributed by atoms with van der Waals surface area (Å²) in [5, 5.41) is 1.92. The fraction of sp³-hybridized carbons (Fsp3) is 0.412. The maximum Gasteiger partial charge on any atom is 0.231 e. The van der Waals surface area contributed by atoms with Crippen LogP contribution in [-0.4, -0.2) is 10.3 Å². The zero-order valence-corrected chi connectivity index (χ0v) is 12.8. The number of halogens is 1. The van der Waals surface area contributed by atoms with Crippen LogP contribution in [0.3, 0.4) is 0 Å². The highest BCUT2D eigenvalue weighted by Gasteiger charge is 2.17. The molecule has 0 N–H and O–H groups in total. The summed E-state index contributed by atoms with van der Waals surface area (Å²) in [5.41, 5.74) is 0. The monoisotopic (exact) mass is 305 g/mol. The van der Waals surface area contributed by atoms with E-state index in [1.165, 1.54) is 12.8 Å². The fourth-order valence-electron chi connectivity index (χ4n) is 2.94. The van der Waals surface area contributed by atoms with E-state index < -0.39 is 10.1 Å². The van der Waals surface area contributed by atoms with Crippen molar-refractivity contribution in [1.82, 2.24) is 0 Å². The average molecular weight is 305 g/mol. The van der Waals surface area contributed by atoms with Crippen molar-refractivity contribution < 1.29 is 8.09 Å².